The van der Waals surface area contributed by atoms with Gasteiger partial charge in [-0.05, 0) is 35.4 Å². The van der Waals surface area contributed by atoms with Crippen LogP contribution in [0.15, 0.2) is 91.0 Å². The van der Waals surface area contributed by atoms with Gasteiger partial charge in [0, 0.05) is 0 Å². The van der Waals surface area contributed by atoms with E-state index in [0.29, 0.717) is 5.56 Å². The van der Waals surface area contributed by atoms with E-state index in [1.54, 1.807) is 6.07 Å². The molecular formula is C42H43F3Zr. The van der Waals surface area contributed by atoms with Crippen LogP contribution in [0.3, 0.4) is 0 Å². The second-order valence-corrected chi connectivity index (χ2v) is 15.3. The minimum atomic E-state index is -4.29. The molecule has 2 aliphatic rings. The van der Waals surface area contributed by atoms with Gasteiger partial charge in [-0.25, -0.2) is 12.2 Å². The van der Waals surface area contributed by atoms with Crippen molar-refractivity contribution in [3.05, 3.63) is 153 Å². The van der Waals surface area contributed by atoms with E-state index < -0.39 is 11.7 Å². The summed E-state index contributed by atoms with van der Waals surface area (Å²) in [5.41, 5.74) is 12.6. The number of aryl methyl sites for hydroxylation is 2. The Balaban J connectivity index is 0.000000185. The van der Waals surface area contributed by atoms with Crippen LogP contribution in [0.1, 0.15) is 98.0 Å². The topological polar surface area (TPSA) is 0 Å². The number of rotatable bonds is 2. The molecule has 4 heteroatoms. The molecule has 0 spiro atoms. The molecule has 6 rings (SSSR count). The van der Waals surface area contributed by atoms with E-state index in [9.17, 15) is 13.2 Å². The van der Waals surface area contributed by atoms with Gasteiger partial charge in [0.2, 0.25) is 0 Å². The maximum Gasteiger partial charge on any atom is -0.109 e. The van der Waals surface area contributed by atoms with Crippen molar-refractivity contribution in [2.75, 3.05) is 0 Å². The molecule has 0 unspecified atom stereocenters. The number of allylic oxidation sites excluding steroid dienone is 4. The molecule has 0 N–H and O–H groups in total. The second kappa shape index (κ2) is 14.3. The summed E-state index contributed by atoms with van der Waals surface area (Å²) < 4.78 is 38.8. The van der Waals surface area contributed by atoms with Gasteiger partial charge < -0.3 is 0 Å². The van der Waals surface area contributed by atoms with Crippen LogP contribution >= 0.6 is 0 Å². The summed E-state index contributed by atoms with van der Waals surface area (Å²) in [4.78, 5) is 0. The molecule has 0 aliphatic heterocycles. The number of halogens is 3. The molecule has 0 fully saturated rings. The molecule has 0 aromatic heterocycles. The third kappa shape index (κ3) is 8.83. The first-order chi connectivity index (χ1) is 21.5. The van der Waals surface area contributed by atoms with Gasteiger partial charge in [-0.15, -0.1) is 23.1 Å². The first kappa shape index (κ1) is 35.8. The molecule has 2 aliphatic carbocycles. The Morgan fingerprint density at radius 3 is 1.91 bits per heavy atom. The van der Waals surface area contributed by atoms with E-state index in [1.807, 2.05) is 42.5 Å². The SMILES string of the molecule is Cc1[c-]c2c(cc1C(C)(C)C)-c1cc(C(C)(C)C)c(C)cc1C2.FC(F)(F)c1cccc([C](=[Zr+2])c2ccccc2)c1.[C-]1=CC=CC1. The van der Waals surface area contributed by atoms with Crippen molar-refractivity contribution in [2.45, 2.75) is 85.2 Å². The maximum absolute atomic E-state index is 12.6. The van der Waals surface area contributed by atoms with Crippen LogP contribution in [0.2, 0.25) is 0 Å². The molecule has 236 valence electrons. The molecule has 0 atom stereocenters. The van der Waals surface area contributed by atoms with Crippen molar-refractivity contribution in [1.29, 1.82) is 0 Å². The molecule has 0 bridgehead atoms. The molecule has 4 aromatic rings. The molecule has 0 nitrogen and oxygen atoms in total. The molecule has 46 heavy (non-hydrogen) atoms. The first-order valence-corrected chi connectivity index (χ1v) is 16.9. The fourth-order valence-corrected chi connectivity index (χ4v) is 6.78. The Morgan fingerprint density at radius 1 is 0.739 bits per heavy atom. The predicted octanol–water partition coefficient (Wildman–Crippen LogP) is 11.4. The van der Waals surface area contributed by atoms with Crippen LogP contribution in [0.25, 0.3) is 11.1 Å². The fourth-order valence-electron chi connectivity index (χ4n) is 5.99. The van der Waals surface area contributed by atoms with Crippen molar-refractivity contribution >= 4 is 3.21 Å². The quantitative estimate of drug-likeness (QED) is 0.161. The van der Waals surface area contributed by atoms with E-state index in [2.05, 4.69) is 91.8 Å². The van der Waals surface area contributed by atoms with Crippen molar-refractivity contribution < 1.29 is 37.4 Å². The fraction of sp³-hybridized carbons (Fsp3) is 0.310. The smallest absolute Gasteiger partial charge is 0.109 e. The number of hydrogen-bond donors (Lipinski definition) is 0. The normalized spacial score (nSPS) is 13.3. The third-order valence-corrected chi connectivity index (χ3v) is 9.63. The summed E-state index contributed by atoms with van der Waals surface area (Å²) in [6.07, 6.45) is 6.74. The van der Waals surface area contributed by atoms with E-state index in [1.165, 1.54) is 56.6 Å². The van der Waals surface area contributed by atoms with E-state index in [-0.39, 0.29) is 10.8 Å². The van der Waals surface area contributed by atoms with Gasteiger partial charge in [-0.3, -0.25) is 6.08 Å². The molecule has 0 saturated heterocycles. The van der Waals surface area contributed by atoms with E-state index in [4.69, 9.17) is 0 Å². The summed E-state index contributed by atoms with van der Waals surface area (Å²) in [7, 11) is 0. The Labute approximate surface area is 288 Å². The van der Waals surface area contributed by atoms with Crippen molar-refractivity contribution in [2.24, 2.45) is 0 Å². The zero-order valence-corrected chi connectivity index (χ0v) is 30.7. The van der Waals surface area contributed by atoms with Gasteiger partial charge in [0.25, 0.3) is 0 Å². The van der Waals surface area contributed by atoms with E-state index >= 15 is 0 Å². The Morgan fingerprint density at radius 2 is 1.37 bits per heavy atom. The minimum absolute atomic E-state index is 0.163. The van der Waals surface area contributed by atoms with Gasteiger partial charge in [-0.1, -0.05) is 71.6 Å². The van der Waals surface area contributed by atoms with Crippen LogP contribution in [-0.2, 0) is 47.7 Å². The largest absolute Gasteiger partial charge is 0.273 e. The average molecular weight is 696 g/mol. The van der Waals surface area contributed by atoms with Gasteiger partial charge in [0.05, 0.1) is 0 Å². The number of alkyl halides is 3. The Kier molecular flexibility index (Phi) is 11.2. The first-order valence-electron chi connectivity index (χ1n) is 15.7. The summed E-state index contributed by atoms with van der Waals surface area (Å²) in [6, 6.07) is 25.9. The second-order valence-electron chi connectivity index (χ2n) is 14.0. The number of benzene rings is 4. The van der Waals surface area contributed by atoms with E-state index in [0.717, 1.165) is 51.9 Å². The van der Waals surface area contributed by atoms with Crippen LogP contribution in [-0.4, -0.2) is 3.21 Å². The Hall–Kier alpha value is -3.10. The molecule has 4 aromatic carbocycles. The molecule has 0 heterocycles. The van der Waals surface area contributed by atoms with Crippen LogP contribution in [0.5, 0.6) is 0 Å². The van der Waals surface area contributed by atoms with Crippen molar-refractivity contribution in [3.8, 4) is 11.1 Å². The zero-order chi connectivity index (χ0) is 33.9. The van der Waals surface area contributed by atoms with Gasteiger partial charge in [0.1, 0.15) is 0 Å². The number of hydrogen-bond acceptors (Lipinski definition) is 0. The average Bonchev–Trinajstić information content (AvgIpc) is 3.67. The van der Waals surface area contributed by atoms with Crippen LogP contribution in [0, 0.1) is 26.0 Å². The molecule has 0 amide bonds. The minimum Gasteiger partial charge on any atom is -0.273 e. The zero-order valence-electron chi connectivity index (χ0n) is 28.2. The monoisotopic (exact) mass is 694 g/mol. The Bertz CT molecular complexity index is 1680. The number of fused-ring (bicyclic) bond motifs is 3. The van der Waals surface area contributed by atoms with Crippen molar-refractivity contribution in [3.63, 3.8) is 0 Å². The van der Waals surface area contributed by atoms with Gasteiger partial charge >= 0.3 is 118 Å². The third-order valence-electron chi connectivity index (χ3n) is 8.21. The summed E-state index contributed by atoms with van der Waals surface area (Å²) in [5, 5.41) is 0. The van der Waals surface area contributed by atoms with Crippen LogP contribution in [0.4, 0.5) is 13.2 Å². The molecule has 0 saturated carbocycles. The van der Waals surface area contributed by atoms with Gasteiger partial charge in [0.15, 0.2) is 0 Å². The van der Waals surface area contributed by atoms with Crippen LogP contribution < -0.4 is 0 Å². The molecule has 0 radical (unpaired) electrons. The van der Waals surface area contributed by atoms with Crippen molar-refractivity contribution in [1.82, 2.24) is 0 Å². The summed E-state index contributed by atoms with van der Waals surface area (Å²) in [6.45, 7) is 18.2. The summed E-state index contributed by atoms with van der Waals surface area (Å²) >= 11 is 1.09. The molecular weight excluding hydrogens is 653 g/mol. The standard InChI is InChI=1S/C23H29.C14H9F3.C5H5.Zr/c1-14-9-16-11-17-10-15(2)21(23(6,7)8)13-19(17)18(16)12-20(14)22(3,4)5;15-14(16,17)13-8-4-7-12(10-13)9-11-5-2-1-3-6-11;1-2-4-5-3-1;/h9,12-13H,11H2,1-8H3;1-8,10H;1-3H,4H2;/q-1;;-1;+2. The maximum atomic E-state index is 12.6. The predicted molar refractivity (Wildman–Crippen MR) is 183 cm³/mol. The van der Waals surface area contributed by atoms with Gasteiger partial charge in [-0.2, -0.15) is 23.8 Å². The summed E-state index contributed by atoms with van der Waals surface area (Å²) in [5.74, 6) is 0.